The van der Waals surface area contributed by atoms with E-state index in [1.807, 2.05) is 5.92 Å². The van der Waals surface area contributed by atoms with E-state index in [4.69, 9.17) is 14.9 Å². The summed E-state index contributed by atoms with van der Waals surface area (Å²) in [4.78, 5) is 10.2. The number of benzene rings is 1. The molecule has 2 N–H and O–H groups in total. The molecule has 0 aliphatic carbocycles. The maximum absolute atomic E-state index is 10.2. The molecule has 0 fully saturated rings. The summed E-state index contributed by atoms with van der Waals surface area (Å²) in [6.07, 6.45) is 0. The van der Waals surface area contributed by atoms with E-state index in [2.05, 4.69) is 5.92 Å². The summed E-state index contributed by atoms with van der Waals surface area (Å²) >= 11 is 0. The summed E-state index contributed by atoms with van der Waals surface area (Å²) in [5, 5.41) is 17.3. The van der Waals surface area contributed by atoms with Crippen LogP contribution >= 0.6 is 0 Å². The van der Waals surface area contributed by atoms with E-state index in [0.29, 0.717) is 16.9 Å². The molecule has 0 radical (unpaired) electrons. The normalized spacial score (nSPS) is 8.93. The van der Waals surface area contributed by atoms with Crippen LogP contribution in [0.5, 0.6) is 5.75 Å². The molecule has 0 spiro atoms. The van der Waals surface area contributed by atoms with E-state index < -0.39 is 5.97 Å². The first kappa shape index (κ1) is 11.1. The molecule has 1 aromatic carbocycles. The first-order valence-corrected chi connectivity index (χ1v) is 4.20. The molecule has 1 rings (SSSR count). The van der Waals surface area contributed by atoms with Crippen molar-refractivity contribution < 1.29 is 19.7 Å². The van der Waals surface area contributed by atoms with Gasteiger partial charge in [0.15, 0.2) is 0 Å². The minimum Gasteiger partial charge on any atom is -0.496 e. The third kappa shape index (κ3) is 3.01. The van der Waals surface area contributed by atoms with Gasteiger partial charge < -0.3 is 14.9 Å². The highest BCUT2D eigenvalue weighted by atomic mass is 16.5. The van der Waals surface area contributed by atoms with Crippen molar-refractivity contribution >= 4 is 5.97 Å². The average Bonchev–Trinajstić information content (AvgIpc) is 2.25. The molecule has 0 atom stereocenters. The maximum atomic E-state index is 10.2. The standard InChI is InChI=1S/C11H10O4/c1-15-10-6-8(3-5-11(13)14)2-4-9(10)7-12/h2,4,6,12H,7H2,1H3,(H,13,14). The molecule has 15 heavy (non-hydrogen) atoms. The molecule has 0 aliphatic rings. The van der Waals surface area contributed by atoms with Crippen molar-refractivity contribution in [3.05, 3.63) is 29.3 Å². The second-order valence-corrected chi connectivity index (χ2v) is 2.74. The molecule has 1 aromatic rings. The van der Waals surface area contributed by atoms with Gasteiger partial charge in [0.1, 0.15) is 5.75 Å². The zero-order chi connectivity index (χ0) is 11.3. The molecule has 0 saturated heterocycles. The van der Waals surface area contributed by atoms with Gasteiger partial charge in [-0.3, -0.25) is 0 Å². The fraction of sp³-hybridized carbons (Fsp3) is 0.182. The van der Waals surface area contributed by atoms with Gasteiger partial charge in [0.25, 0.3) is 0 Å². The van der Waals surface area contributed by atoms with Crippen LogP contribution in [0.1, 0.15) is 11.1 Å². The highest BCUT2D eigenvalue weighted by Crippen LogP contribution is 2.19. The van der Waals surface area contributed by atoms with Crippen molar-refractivity contribution in [2.45, 2.75) is 6.61 Å². The summed E-state index contributed by atoms with van der Waals surface area (Å²) in [5.41, 5.74) is 1.17. The van der Waals surface area contributed by atoms with Crippen LogP contribution in [-0.2, 0) is 11.4 Å². The van der Waals surface area contributed by atoms with Crippen LogP contribution in [0.2, 0.25) is 0 Å². The van der Waals surface area contributed by atoms with Crippen LogP contribution in [0.25, 0.3) is 0 Å². The third-order valence-electron chi connectivity index (χ3n) is 1.77. The van der Waals surface area contributed by atoms with Crippen LogP contribution in [0.15, 0.2) is 18.2 Å². The Balaban J connectivity index is 3.05. The summed E-state index contributed by atoms with van der Waals surface area (Å²) in [6.45, 7) is -0.129. The fourth-order valence-electron chi connectivity index (χ4n) is 1.08. The summed E-state index contributed by atoms with van der Waals surface area (Å²) in [5.74, 6) is 3.77. The second kappa shape index (κ2) is 5.03. The smallest absolute Gasteiger partial charge is 0.382 e. The SMILES string of the molecule is COc1cc(C#CC(=O)O)ccc1CO. The van der Waals surface area contributed by atoms with E-state index in [1.54, 1.807) is 18.2 Å². The van der Waals surface area contributed by atoms with E-state index in [0.717, 1.165) is 0 Å². The second-order valence-electron chi connectivity index (χ2n) is 2.74. The van der Waals surface area contributed by atoms with Gasteiger partial charge in [0.2, 0.25) is 0 Å². The molecular formula is C11H10O4. The number of carbonyl (C=O) groups is 1. The Hall–Kier alpha value is -1.99. The Kier molecular flexibility index (Phi) is 3.72. The third-order valence-corrected chi connectivity index (χ3v) is 1.77. The van der Waals surface area contributed by atoms with Crippen molar-refractivity contribution in [2.24, 2.45) is 0 Å². The van der Waals surface area contributed by atoms with Gasteiger partial charge in [-0.05, 0) is 12.1 Å². The highest BCUT2D eigenvalue weighted by Gasteiger charge is 2.01. The van der Waals surface area contributed by atoms with Gasteiger partial charge in [-0.1, -0.05) is 12.0 Å². The minimum atomic E-state index is -1.18. The Morgan fingerprint density at radius 1 is 1.53 bits per heavy atom. The lowest BCUT2D eigenvalue weighted by Crippen LogP contribution is -1.93. The number of aliphatic hydroxyl groups is 1. The molecule has 0 bridgehead atoms. The van der Waals surface area contributed by atoms with Crippen molar-refractivity contribution in [1.29, 1.82) is 0 Å². The van der Waals surface area contributed by atoms with Crippen LogP contribution in [0, 0.1) is 11.8 Å². The predicted molar refractivity (Wildman–Crippen MR) is 53.4 cm³/mol. The molecule has 0 unspecified atom stereocenters. The van der Waals surface area contributed by atoms with Crippen molar-refractivity contribution in [3.8, 4) is 17.6 Å². The zero-order valence-electron chi connectivity index (χ0n) is 8.15. The van der Waals surface area contributed by atoms with Crippen LogP contribution in [0.4, 0.5) is 0 Å². The lowest BCUT2D eigenvalue weighted by atomic mass is 10.1. The average molecular weight is 206 g/mol. The van der Waals surface area contributed by atoms with Gasteiger partial charge >= 0.3 is 5.97 Å². The molecule has 4 nitrogen and oxygen atoms in total. The first-order chi connectivity index (χ1) is 7.17. The van der Waals surface area contributed by atoms with E-state index >= 15 is 0 Å². The number of hydrogen-bond acceptors (Lipinski definition) is 3. The highest BCUT2D eigenvalue weighted by molar-refractivity contribution is 5.87. The predicted octanol–water partition coefficient (Wildman–Crippen LogP) is 0.624. The van der Waals surface area contributed by atoms with Gasteiger partial charge in [-0.25, -0.2) is 4.79 Å². The fourth-order valence-corrected chi connectivity index (χ4v) is 1.08. The quantitative estimate of drug-likeness (QED) is 0.696. The Labute approximate surface area is 87.1 Å². The van der Waals surface area contributed by atoms with Crippen LogP contribution in [-0.4, -0.2) is 23.3 Å². The van der Waals surface area contributed by atoms with Gasteiger partial charge in [0, 0.05) is 17.0 Å². The molecule has 0 heterocycles. The summed E-state index contributed by atoms with van der Waals surface area (Å²) in [6, 6.07) is 4.86. The molecule has 4 heteroatoms. The molecule has 0 saturated carbocycles. The largest absolute Gasteiger partial charge is 0.496 e. The Morgan fingerprint density at radius 2 is 2.27 bits per heavy atom. The van der Waals surface area contributed by atoms with E-state index in [1.165, 1.54) is 7.11 Å². The first-order valence-electron chi connectivity index (χ1n) is 4.20. The number of methoxy groups -OCH3 is 1. The maximum Gasteiger partial charge on any atom is 0.382 e. The lowest BCUT2D eigenvalue weighted by molar-refractivity contribution is -0.130. The Bertz CT molecular complexity index is 426. The van der Waals surface area contributed by atoms with Gasteiger partial charge in [-0.2, -0.15) is 0 Å². The van der Waals surface area contributed by atoms with E-state index in [-0.39, 0.29) is 6.61 Å². The number of ether oxygens (including phenoxy) is 1. The topological polar surface area (TPSA) is 66.8 Å². The van der Waals surface area contributed by atoms with E-state index in [9.17, 15) is 4.79 Å². The van der Waals surface area contributed by atoms with Crippen molar-refractivity contribution in [2.75, 3.05) is 7.11 Å². The summed E-state index contributed by atoms with van der Waals surface area (Å²) < 4.78 is 5.01. The number of carboxylic acid groups (broad SMARTS) is 1. The molecule has 78 valence electrons. The molecular weight excluding hydrogens is 196 g/mol. The number of rotatable bonds is 2. The zero-order valence-corrected chi connectivity index (χ0v) is 8.15. The van der Waals surface area contributed by atoms with Crippen molar-refractivity contribution in [1.82, 2.24) is 0 Å². The molecule has 0 amide bonds. The Morgan fingerprint density at radius 3 is 2.80 bits per heavy atom. The van der Waals surface area contributed by atoms with Crippen molar-refractivity contribution in [3.63, 3.8) is 0 Å². The van der Waals surface area contributed by atoms with Gasteiger partial charge in [-0.15, -0.1) is 0 Å². The minimum absolute atomic E-state index is 0.129. The van der Waals surface area contributed by atoms with Crippen LogP contribution < -0.4 is 4.74 Å². The lowest BCUT2D eigenvalue weighted by Gasteiger charge is -2.05. The monoisotopic (exact) mass is 206 g/mol. The number of aliphatic hydroxyl groups excluding tert-OH is 1. The number of carboxylic acids is 1. The van der Waals surface area contributed by atoms with Gasteiger partial charge in [0.05, 0.1) is 13.7 Å². The summed E-state index contributed by atoms with van der Waals surface area (Å²) in [7, 11) is 1.48. The molecule has 0 aromatic heterocycles. The molecule has 0 aliphatic heterocycles. The number of aliphatic carboxylic acids is 1. The van der Waals surface area contributed by atoms with Crippen LogP contribution in [0.3, 0.4) is 0 Å². The number of hydrogen-bond donors (Lipinski definition) is 2.